The predicted molar refractivity (Wildman–Crippen MR) is 250 cm³/mol. The Labute approximate surface area is 390 Å². The first-order valence-corrected chi connectivity index (χ1v) is 23.8. The van der Waals surface area contributed by atoms with E-state index in [4.69, 9.17) is 0 Å². The van der Waals surface area contributed by atoms with Gasteiger partial charge in [-0.1, -0.05) is 26.8 Å². The Kier molecular flexibility index (Phi) is 12.7. The molecule has 6 aliphatic heterocycles. The Morgan fingerprint density at radius 3 is 2.33 bits per heavy atom. The van der Waals surface area contributed by atoms with E-state index in [1.807, 2.05) is 12.1 Å². The maximum absolute atomic E-state index is 15.7. The molecule has 67 heavy (non-hydrogen) atoms. The van der Waals surface area contributed by atoms with Crippen LogP contribution in [0.25, 0.3) is 0 Å². The minimum atomic E-state index is -1.01. The quantitative estimate of drug-likeness (QED) is 0.207. The van der Waals surface area contributed by atoms with E-state index in [-0.39, 0.29) is 47.4 Å². The summed E-state index contributed by atoms with van der Waals surface area (Å²) in [5.74, 6) is -1.69. The van der Waals surface area contributed by atoms with Gasteiger partial charge >= 0.3 is 0 Å². The fraction of sp³-hybridized carbons (Fsp3) is 0.571. The van der Waals surface area contributed by atoms with Crippen LogP contribution in [-0.2, 0) is 20.9 Å². The van der Waals surface area contributed by atoms with Gasteiger partial charge in [0.05, 0.1) is 34.6 Å². The summed E-state index contributed by atoms with van der Waals surface area (Å²) < 4.78 is 31.2. The molecule has 18 heteroatoms. The third kappa shape index (κ3) is 9.82. The highest BCUT2D eigenvalue weighted by Crippen LogP contribution is 2.41. The molecular formula is C49H63F2N11O5. The van der Waals surface area contributed by atoms with Gasteiger partial charge in [0.15, 0.2) is 0 Å². The molecule has 358 valence electrons. The normalized spacial score (nSPS) is 24.2. The minimum absolute atomic E-state index is 0.0308. The van der Waals surface area contributed by atoms with Crippen LogP contribution in [0.15, 0.2) is 42.7 Å². The van der Waals surface area contributed by atoms with Crippen molar-refractivity contribution in [2.45, 2.75) is 90.3 Å². The van der Waals surface area contributed by atoms with Crippen LogP contribution >= 0.6 is 0 Å². The summed E-state index contributed by atoms with van der Waals surface area (Å²) in [6.07, 6.45) is 6.85. The Morgan fingerprint density at radius 2 is 1.57 bits per heavy atom. The Balaban J connectivity index is 0.737. The molecule has 7 heterocycles. The lowest BCUT2D eigenvalue weighted by atomic mass is 9.82. The number of halogens is 2. The smallest absolute Gasteiger partial charge is 0.264 e. The molecule has 2 atom stereocenters. The van der Waals surface area contributed by atoms with Gasteiger partial charge in [-0.3, -0.25) is 39.1 Å². The molecule has 0 bridgehead atoms. The number of carbonyl (C=O) groups excluding carboxylic acids is 5. The van der Waals surface area contributed by atoms with Crippen LogP contribution in [0.3, 0.4) is 0 Å². The number of benzene rings is 2. The third-order valence-corrected chi connectivity index (χ3v) is 15.2. The van der Waals surface area contributed by atoms with Crippen molar-refractivity contribution in [2.75, 3.05) is 99.1 Å². The number of aromatic nitrogens is 2. The van der Waals surface area contributed by atoms with E-state index in [1.165, 1.54) is 12.1 Å². The van der Waals surface area contributed by atoms with Crippen LogP contribution in [0.4, 0.5) is 31.8 Å². The number of fused-ring (bicyclic) bond motifs is 1. The van der Waals surface area contributed by atoms with E-state index >= 15 is 8.78 Å². The second-order valence-corrected chi connectivity index (χ2v) is 20.9. The number of hydrogen-bond donors (Lipinski definition) is 3. The van der Waals surface area contributed by atoms with Crippen molar-refractivity contribution >= 4 is 52.5 Å². The number of nitrogens with zero attached hydrogens (tertiary/aromatic N) is 8. The van der Waals surface area contributed by atoms with Crippen molar-refractivity contribution in [3.63, 3.8) is 0 Å². The first kappa shape index (κ1) is 46.4. The van der Waals surface area contributed by atoms with Crippen LogP contribution < -0.4 is 30.7 Å². The molecule has 5 saturated heterocycles. The Morgan fingerprint density at radius 1 is 0.806 bits per heavy atom. The number of piperidine rings is 3. The van der Waals surface area contributed by atoms with Crippen LogP contribution in [0.2, 0.25) is 0 Å². The molecule has 5 amide bonds. The van der Waals surface area contributed by atoms with Gasteiger partial charge in [0, 0.05) is 76.5 Å². The van der Waals surface area contributed by atoms with Gasteiger partial charge in [-0.25, -0.2) is 18.7 Å². The van der Waals surface area contributed by atoms with Gasteiger partial charge in [0.2, 0.25) is 17.7 Å². The van der Waals surface area contributed by atoms with Crippen molar-refractivity contribution < 1.29 is 32.8 Å². The Bertz CT molecular complexity index is 2430. The summed E-state index contributed by atoms with van der Waals surface area (Å²) in [4.78, 5) is 85.2. The lowest BCUT2D eigenvalue weighted by Gasteiger charge is -2.48. The van der Waals surface area contributed by atoms with Crippen molar-refractivity contribution in [1.82, 2.24) is 35.3 Å². The SMILES string of the molecule is CN(CCNc1cc(N2CCC3(CC2)CN(c2cc(F)c(CN4CCC(C)(C)CC4)cc2F)CC(=O)N3)ncn1)CC[C@@]1(C)CCN(c2cccc3c2C(=O)N(C2CCC(=O)NC2=O)C3=O)C1. The summed E-state index contributed by atoms with van der Waals surface area (Å²) in [7, 11) is 2.09. The molecule has 0 radical (unpaired) electrons. The highest BCUT2D eigenvalue weighted by molar-refractivity contribution is 6.25. The molecule has 16 nitrogen and oxygen atoms in total. The fourth-order valence-electron chi connectivity index (χ4n) is 10.8. The molecule has 9 rings (SSSR count). The summed E-state index contributed by atoms with van der Waals surface area (Å²) in [5, 5.41) is 8.91. The maximum Gasteiger partial charge on any atom is 0.264 e. The number of carbonyl (C=O) groups is 5. The van der Waals surface area contributed by atoms with Crippen molar-refractivity contribution in [3.05, 3.63) is 71.1 Å². The van der Waals surface area contributed by atoms with E-state index in [2.05, 4.69) is 73.3 Å². The standard InChI is InChI=1S/C49H63F2N11O5/c1-47(2)10-18-58(19-11-47)27-32-24-35(51)38(25-34(32)50)61-28-42(64)56-49(30-61)14-21-59(22-15-49)40-26-39(53-31-54-40)52-16-23-57(4)17-12-48(3)13-20-60(29-48)36-7-5-6-33-43(36)46(67)62(45(33)66)37-8-9-41(63)55-44(37)65/h5-7,24-26,31,37H,8-23,27-30H2,1-4H3,(H,56,64)(H,52,53,54)(H,55,63,65)/t37?,48-/m0/s1. The predicted octanol–water partition coefficient (Wildman–Crippen LogP) is 4.40. The lowest BCUT2D eigenvalue weighted by molar-refractivity contribution is -0.136. The topological polar surface area (TPSA) is 167 Å². The number of hydrogen-bond acceptors (Lipinski definition) is 13. The van der Waals surface area contributed by atoms with Gasteiger partial charge in [-0.15, -0.1) is 0 Å². The number of nitrogens with one attached hydrogen (secondary N) is 3. The van der Waals surface area contributed by atoms with E-state index in [1.54, 1.807) is 23.4 Å². The third-order valence-electron chi connectivity index (χ3n) is 15.2. The summed E-state index contributed by atoms with van der Waals surface area (Å²) in [6.45, 7) is 14.1. The monoisotopic (exact) mass is 923 g/mol. The zero-order valence-corrected chi connectivity index (χ0v) is 39.1. The van der Waals surface area contributed by atoms with Crippen molar-refractivity contribution in [2.24, 2.45) is 10.8 Å². The van der Waals surface area contributed by atoms with Gasteiger partial charge < -0.3 is 30.2 Å². The molecule has 1 spiro atoms. The van der Waals surface area contributed by atoms with Gasteiger partial charge in [0.25, 0.3) is 11.8 Å². The molecule has 6 aliphatic rings. The lowest BCUT2D eigenvalue weighted by Crippen LogP contribution is -2.66. The number of rotatable bonds is 13. The van der Waals surface area contributed by atoms with Gasteiger partial charge in [-0.05, 0) is 101 Å². The number of likely N-dealkylation sites (N-methyl/N-ethyl adjacent to an activating group) is 1. The van der Waals surface area contributed by atoms with Crippen molar-refractivity contribution in [1.29, 1.82) is 0 Å². The molecule has 0 saturated carbocycles. The van der Waals surface area contributed by atoms with E-state index < -0.39 is 46.8 Å². The second kappa shape index (κ2) is 18.4. The summed E-state index contributed by atoms with van der Waals surface area (Å²) >= 11 is 0. The molecule has 1 unspecified atom stereocenters. The molecular weight excluding hydrogens is 861 g/mol. The molecule has 0 aliphatic carbocycles. The fourth-order valence-corrected chi connectivity index (χ4v) is 10.8. The second-order valence-electron chi connectivity index (χ2n) is 20.9. The zero-order valence-electron chi connectivity index (χ0n) is 39.1. The van der Waals surface area contributed by atoms with Crippen LogP contribution in [0.5, 0.6) is 0 Å². The summed E-state index contributed by atoms with van der Waals surface area (Å²) in [5.41, 5.74) is 1.44. The largest absolute Gasteiger partial charge is 0.370 e. The van der Waals surface area contributed by atoms with Crippen molar-refractivity contribution in [3.8, 4) is 0 Å². The van der Waals surface area contributed by atoms with Crippen LogP contribution in [-0.4, -0.2) is 145 Å². The number of anilines is 4. The van der Waals surface area contributed by atoms with Gasteiger partial charge in [-0.2, -0.15) is 0 Å². The average Bonchev–Trinajstić information content (AvgIpc) is 3.81. The number of imide groups is 2. The highest BCUT2D eigenvalue weighted by Gasteiger charge is 2.47. The maximum atomic E-state index is 15.7. The van der Waals surface area contributed by atoms with Crippen LogP contribution in [0.1, 0.15) is 98.4 Å². The molecule has 3 N–H and O–H groups in total. The molecule has 3 aromatic rings. The van der Waals surface area contributed by atoms with E-state index in [0.717, 1.165) is 69.1 Å². The summed E-state index contributed by atoms with van der Waals surface area (Å²) in [6, 6.07) is 8.80. The number of piperazine rings is 1. The average molecular weight is 924 g/mol. The molecule has 5 fully saturated rings. The van der Waals surface area contributed by atoms with Crippen LogP contribution in [0, 0.1) is 22.5 Å². The van der Waals surface area contributed by atoms with E-state index in [0.29, 0.717) is 74.7 Å². The first-order chi connectivity index (χ1) is 32.0. The number of likely N-dealkylation sites (tertiary alicyclic amines) is 1. The Hall–Kier alpha value is -5.75. The molecule has 1 aromatic heterocycles. The highest BCUT2D eigenvalue weighted by atomic mass is 19.1. The number of amides is 5. The van der Waals surface area contributed by atoms with E-state index in [9.17, 15) is 24.0 Å². The zero-order chi connectivity index (χ0) is 47.3. The minimum Gasteiger partial charge on any atom is -0.370 e. The first-order valence-electron chi connectivity index (χ1n) is 23.8. The van der Waals surface area contributed by atoms with Gasteiger partial charge in [0.1, 0.15) is 35.6 Å². The molecule has 2 aromatic carbocycles.